The molecule has 2 aromatic rings. The maximum Gasteiger partial charge on any atom is 0.239 e. The molecular weight excluding hydrogens is 300 g/mol. The number of benzene rings is 2. The first-order valence-electron chi connectivity index (χ1n) is 8.34. The average Bonchev–Trinajstić information content (AvgIpc) is 2.60. The molecule has 4 nitrogen and oxygen atoms in total. The maximum absolute atomic E-state index is 12.2. The summed E-state index contributed by atoms with van der Waals surface area (Å²) in [6.07, 6.45) is 0.756. The number of hydrogen-bond donors (Lipinski definition) is 1. The van der Waals surface area contributed by atoms with Gasteiger partial charge in [0.15, 0.2) is 0 Å². The monoisotopic (exact) mass is 326 g/mol. The van der Waals surface area contributed by atoms with Gasteiger partial charge in [0.2, 0.25) is 5.91 Å². The number of carbonyl (C=O) groups is 1. The highest BCUT2D eigenvalue weighted by molar-refractivity contribution is 5.81. The third-order valence-corrected chi connectivity index (χ3v) is 3.99. The molecule has 0 radical (unpaired) electrons. The Morgan fingerprint density at radius 2 is 1.96 bits per heavy atom. The third-order valence-electron chi connectivity index (χ3n) is 3.99. The number of ether oxygens (including phenoxy) is 1. The van der Waals surface area contributed by atoms with E-state index < -0.39 is 0 Å². The highest BCUT2D eigenvalue weighted by Crippen LogP contribution is 2.17. The minimum Gasteiger partial charge on any atom is -0.496 e. The van der Waals surface area contributed by atoms with E-state index in [9.17, 15) is 4.79 Å². The number of nitrogens with zero attached hydrogens (tertiary/aromatic N) is 1. The Bertz CT molecular complexity index is 670. The number of amides is 1. The van der Waals surface area contributed by atoms with Gasteiger partial charge in [0.25, 0.3) is 0 Å². The highest BCUT2D eigenvalue weighted by Gasteiger charge is 2.10. The summed E-state index contributed by atoms with van der Waals surface area (Å²) in [6, 6.07) is 16.1. The molecule has 2 rings (SSSR count). The van der Waals surface area contributed by atoms with Gasteiger partial charge >= 0.3 is 0 Å². The summed E-state index contributed by atoms with van der Waals surface area (Å²) in [5.41, 5.74) is 3.38. The smallest absolute Gasteiger partial charge is 0.239 e. The van der Waals surface area contributed by atoms with E-state index in [1.807, 2.05) is 36.4 Å². The minimum absolute atomic E-state index is 0.0354. The van der Waals surface area contributed by atoms with Crippen molar-refractivity contribution in [1.29, 1.82) is 0 Å². The zero-order chi connectivity index (χ0) is 17.4. The first kappa shape index (κ1) is 17.9. The molecule has 0 heterocycles. The van der Waals surface area contributed by atoms with Crippen LogP contribution >= 0.6 is 0 Å². The fourth-order valence-corrected chi connectivity index (χ4v) is 2.69. The van der Waals surface area contributed by atoms with Gasteiger partial charge in [-0.15, -0.1) is 0 Å². The molecule has 0 saturated heterocycles. The number of likely N-dealkylation sites (N-methyl/N-ethyl adjacent to an activating group) is 1. The van der Waals surface area contributed by atoms with Crippen LogP contribution in [0.25, 0.3) is 0 Å². The maximum atomic E-state index is 12.2. The van der Waals surface area contributed by atoms with Gasteiger partial charge in [0.05, 0.1) is 13.7 Å². The fourth-order valence-electron chi connectivity index (χ4n) is 2.69. The Labute approximate surface area is 144 Å². The topological polar surface area (TPSA) is 41.6 Å². The van der Waals surface area contributed by atoms with Crippen molar-refractivity contribution in [3.8, 4) is 5.75 Å². The summed E-state index contributed by atoms with van der Waals surface area (Å²) in [5, 5.41) is 3.00. The molecule has 0 unspecified atom stereocenters. The molecule has 128 valence electrons. The number of rotatable bonds is 8. The molecule has 24 heavy (non-hydrogen) atoms. The third kappa shape index (κ3) is 5.01. The first-order chi connectivity index (χ1) is 11.6. The molecule has 2 aromatic carbocycles. The first-order valence-corrected chi connectivity index (χ1v) is 8.34. The number of hydrogen-bond acceptors (Lipinski definition) is 3. The number of carbonyl (C=O) groups excluding carboxylic acids is 1. The van der Waals surface area contributed by atoms with Crippen molar-refractivity contribution >= 4 is 11.6 Å². The van der Waals surface area contributed by atoms with E-state index in [2.05, 4.69) is 36.2 Å². The number of nitrogens with one attached hydrogen (secondary N) is 1. The van der Waals surface area contributed by atoms with Crippen LogP contribution in [-0.4, -0.2) is 32.7 Å². The quantitative estimate of drug-likeness (QED) is 0.810. The Kier molecular flexibility index (Phi) is 6.67. The van der Waals surface area contributed by atoms with Gasteiger partial charge in [-0.05, 0) is 49.6 Å². The second kappa shape index (κ2) is 8.96. The molecule has 0 fully saturated rings. The summed E-state index contributed by atoms with van der Waals surface area (Å²) >= 11 is 0. The molecular formula is C20H26N2O2. The predicted octanol–water partition coefficient (Wildman–Crippen LogP) is 3.19. The lowest BCUT2D eigenvalue weighted by atomic mass is 10.1. The van der Waals surface area contributed by atoms with Crippen molar-refractivity contribution in [3.63, 3.8) is 0 Å². The average molecular weight is 326 g/mol. The van der Waals surface area contributed by atoms with Crippen molar-refractivity contribution < 1.29 is 9.53 Å². The Hall–Kier alpha value is -2.49. The number of para-hydroxylation sites is 1. The lowest BCUT2D eigenvalue weighted by Gasteiger charge is -2.23. The largest absolute Gasteiger partial charge is 0.496 e. The van der Waals surface area contributed by atoms with E-state index in [0.717, 1.165) is 30.0 Å². The van der Waals surface area contributed by atoms with Crippen LogP contribution in [0.1, 0.15) is 18.1 Å². The molecule has 0 spiro atoms. The Morgan fingerprint density at radius 3 is 2.67 bits per heavy atom. The van der Waals surface area contributed by atoms with Crippen LogP contribution < -0.4 is 15.0 Å². The van der Waals surface area contributed by atoms with Gasteiger partial charge in [-0.25, -0.2) is 0 Å². The fraction of sp³-hybridized carbons (Fsp3) is 0.350. The van der Waals surface area contributed by atoms with Crippen molar-refractivity contribution in [1.82, 2.24) is 5.32 Å². The Morgan fingerprint density at radius 1 is 1.17 bits per heavy atom. The van der Waals surface area contributed by atoms with Crippen LogP contribution in [-0.2, 0) is 11.2 Å². The Balaban J connectivity index is 1.86. The molecule has 0 aromatic heterocycles. The second-order valence-electron chi connectivity index (χ2n) is 5.76. The van der Waals surface area contributed by atoms with Gasteiger partial charge in [0, 0.05) is 18.8 Å². The van der Waals surface area contributed by atoms with Crippen molar-refractivity contribution in [2.24, 2.45) is 0 Å². The summed E-state index contributed by atoms with van der Waals surface area (Å²) in [5.74, 6) is 0.898. The molecule has 0 aliphatic heterocycles. The standard InChI is InChI=1S/C20H26N2O2/c1-4-22(18-10-7-8-16(2)14-18)15-20(23)21-13-12-17-9-5-6-11-19(17)24-3/h5-11,14H,4,12-13,15H2,1-3H3,(H,21,23). The predicted molar refractivity (Wildman–Crippen MR) is 98.8 cm³/mol. The van der Waals surface area contributed by atoms with E-state index in [0.29, 0.717) is 13.1 Å². The number of methoxy groups -OCH3 is 1. The van der Waals surface area contributed by atoms with E-state index in [4.69, 9.17) is 4.74 Å². The molecule has 0 saturated carbocycles. The van der Waals surface area contributed by atoms with Crippen LogP contribution in [0, 0.1) is 6.92 Å². The van der Waals surface area contributed by atoms with Gasteiger partial charge in [-0.3, -0.25) is 4.79 Å². The van der Waals surface area contributed by atoms with Gasteiger partial charge in [-0.1, -0.05) is 30.3 Å². The molecule has 0 aliphatic carbocycles. The number of anilines is 1. The van der Waals surface area contributed by atoms with E-state index >= 15 is 0 Å². The van der Waals surface area contributed by atoms with E-state index in [-0.39, 0.29) is 5.91 Å². The van der Waals surface area contributed by atoms with Crippen molar-refractivity contribution in [2.75, 3.05) is 31.6 Å². The SMILES string of the molecule is CCN(CC(=O)NCCc1ccccc1OC)c1cccc(C)c1. The zero-order valence-electron chi connectivity index (χ0n) is 14.7. The van der Waals surface area contributed by atoms with Crippen LogP contribution in [0.4, 0.5) is 5.69 Å². The van der Waals surface area contributed by atoms with Gasteiger partial charge in [-0.2, -0.15) is 0 Å². The van der Waals surface area contributed by atoms with Crippen LogP contribution in [0.3, 0.4) is 0 Å². The van der Waals surface area contributed by atoms with Gasteiger partial charge in [0.1, 0.15) is 5.75 Å². The summed E-state index contributed by atoms with van der Waals surface area (Å²) in [4.78, 5) is 14.3. The molecule has 0 atom stereocenters. The summed E-state index contributed by atoms with van der Waals surface area (Å²) in [6.45, 7) is 5.88. The van der Waals surface area contributed by atoms with E-state index in [1.165, 1.54) is 5.56 Å². The molecule has 0 bridgehead atoms. The van der Waals surface area contributed by atoms with Crippen LogP contribution in [0.5, 0.6) is 5.75 Å². The lowest BCUT2D eigenvalue weighted by molar-refractivity contribution is -0.119. The summed E-state index contributed by atoms with van der Waals surface area (Å²) in [7, 11) is 1.67. The van der Waals surface area contributed by atoms with Crippen LogP contribution in [0.2, 0.25) is 0 Å². The molecule has 0 aliphatic rings. The lowest BCUT2D eigenvalue weighted by Crippen LogP contribution is -2.38. The molecule has 1 amide bonds. The summed E-state index contributed by atoms with van der Waals surface area (Å²) < 4.78 is 5.33. The second-order valence-corrected chi connectivity index (χ2v) is 5.76. The normalized spacial score (nSPS) is 10.3. The highest BCUT2D eigenvalue weighted by atomic mass is 16.5. The number of aryl methyl sites for hydroxylation is 1. The minimum atomic E-state index is 0.0354. The van der Waals surface area contributed by atoms with Crippen molar-refractivity contribution in [3.05, 3.63) is 59.7 Å². The zero-order valence-corrected chi connectivity index (χ0v) is 14.7. The van der Waals surface area contributed by atoms with Crippen LogP contribution in [0.15, 0.2) is 48.5 Å². The van der Waals surface area contributed by atoms with Crippen molar-refractivity contribution in [2.45, 2.75) is 20.3 Å². The van der Waals surface area contributed by atoms with Gasteiger partial charge < -0.3 is 15.0 Å². The van der Waals surface area contributed by atoms with E-state index in [1.54, 1.807) is 7.11 Å². The molecule has 1 N–H and O–H groups in total. The molecule has 4 heteroatoms.